The van der Waals surface area contributed by atoms with E-state index in [0.717, 1.165) is 23.3 Å². The minimum atomic E-state index is -0.220. The molecule has 0 bridgehead atoms. The van der Waals surface area contributed by atoms with E-state index in [1.54, 1.807) is 0 Å². The quantitative estimate of drug-likeness (QED) is 0.645. The number of carbonyl (C=O) groups excluding carboxylic acids is 1. The molecule has 5 heteroatoms. The zero-order valence-electron chi connectivity index (χ0n) is 12.7. The average molecular weight is 278 g/mol. The second-order valence-corrected chi connectivity index (χ2v) is 6.55. The highest BCUT2D eigenvalue weighted by atomic mass is 16.4. The number of rotatable bonds is 2. The van der Waals surface area contributed by atoms with E-state index >= 15 is 0 Å². The minimum Gasteiger partial charge on any atom is -0.455 e. The van der Waals surface area contributed by atoms with Gasteiger partial charge in [0, 0.05) is 23.6 Å². The number of fused-ring (bicyclic) bond motifs is 1. The Bertz CT molecular complexity index is 568. The van der Waals surface area contributed by atoms with Gasteiger partial charge in [0.2, 0.25) is 0 Å². The molecule has 0 radical (unpaired) electrons. The minimum absolute atomic E-state index is 0.0371. The molecule has 20 heavy (non-hydrogen) atoms. The second-order valence-electron chi connectivity index (χ2n) is 6.55. The Balaban J connectivity index is 2.47. The van der Waals surface area contributed by atoms with Crippen molar-refractivity contribution in [1.29, 1.82) is 0 Å². The summed E-state index contributed by atoms with van der Waals surface area (Å²) in [6, 6.07) is 0.0476. The molecule has 1 aromatic rings. The monoisotopic (exact) mass is 278 g/mol. The first-order valence-corrected chi connectivity index (χ1v) is 6.89. The molecule has 110 valence electrons. The third kappa shape index (κ3) is 2.57. The molecule has 1 aliphatic carbocycles. The van der Waals surface area contributed by atoms with Crippen LogP contribution in [0.15, 0.2) is 9.57 Å². The molecule has 0 fully saturated rings. The van der Waals surface area contributed by atoms with Crippen LogP contribution in [0.4, 0.5) is 0 Å². The Kier molecular flexibility index (Phi) is 3.63. The highest BCUT2D eigenvalue weighted by Gasteiger charge is 2.36. The highest BCUT2D eigenvalue weighted by Crippen LogP contribution is 2.38. The zero-order chi connectivity index (χ0) is 15.1. The Morgan fingerprint density at radius 3 is 2.60 bits per heavy atom. The van der Waals surface area contributed by atoms with Crippen LogP contribution in [0.1, 0.15) is 61.6 Å². The number of nitrogens with zero attached hydrogens (tertiary/aromatic N) is 1. The van der Waals surface area contributed by atoms with Crippen LogP contribution >= 0.6 is 0 Å². The maximum atomic E-state index is 12.1. The van der Waals surface area contributed by atoms with Crippen LogP contribution in [-0.2, 0) is 6.42 Å². The summed E-state index contributed by atoms with van der Waals surface area (Å²) in [5.41, 5.74) is 2.10. The van der Waals surface area contributed by atoms with Gasteiger partial charge in [0.1, 0.15) is 5.76 Å². The maximum Gasteiger partial charge on any atom is 0.287 e. The molecule has 2 rings (SSSR count). The fourth-order valence-corrected chi connectivity index (χ4v) is 2.74. The molecule has 0 saturated carbocycles. The third-order valence-electron chi connectivity index (χ3n) is 3.54. The Hall–Kier alpha value is -1.78. The van der Waals surface area contributed by atoms with Crippen molar-refractivity contribution in [3.05, 3.63) is 22.6 Å². The van der Waals surface area contributed by atoms with Crippen molar-refractivity contribution in [2.75, 3.05) is 0 Å². The topological polar surface area (TPSA) is 74.8 Å². The molecule has 1 aliphatic rings. The number of nitrogens with one attached hydrogen (secondary N) is 1. The maximum absolute atomic E-state index is 12.1. The predicted molar refractivity (Wildman–Crippen MR) is 76.5 cm³/mol. The van der Waals surface area contributed by atoms with Crippen molar-refractivity contribution >= 4 is 11.6 Å². The summed E-state index contributed by atoms with van der Waals surface area (Å²) in [6.07, 6.45) is 1.40. The van der Waals surface area contributed by atoms with Crippen LogP contribution in [0.5, 0.6) is 0 Å². The molecule has 1 aromatic heterocycles. The standard InChI is InChI=1S/C15H22N2O3/c1-8(2)16-14(18)13-9(3)12-10(17-19)6-15(4,5)7-11(12)20-13/h8,19H,6-7H2,1-5H3,(H,16,18)/b17-10-. The second kappa shape index (κ2) is 4.96. The van der Waals surface area contributed by atoms with Gasteiger partial charge in [0.15, 0.2) is 5.76 Å². The molecule has 1 amide bonds. The van der Waals surface area contributed by atoms with Gasteiger partial charge in [-0.1, -0.05) is 19.0 Å². The predicted octanol–water partition coefficient (Wildman–Crippen LogP) is 2.88. The van der Waals surface area contributed by atoms with E-state index in [9.17, 15) is 10.0 Å². The largest absolute Gasteiger partial charge is 0.455 e. The number of carbonyl (C=O) groups is 1. The summed E-state index contributed by atoms with van der Waals surface area (Å²) >= 11 is 0. The third-order valence-corrected chi connectivity index (χ3v) is 3.54. The van der Waals surface area contributed by atoms with Crippen LogP contribution < -0.4 is 5.32 Å². The highest BCUT2D eigenvalue weighted by molar-refractivity contribution is 6.06. The summed E-state index contributed by atoms with van der Waals surface area (Å²) in [4.78, 5) is 12.1. The van der Waals surface area contributed by atoms with Gasteiger partial charge >= 0.3 is 0 Å². The average Bonchev–Trinajstić information content (AvgIpc) is 2.63. The smallest absolute Gasteiger partial charge is 0.287 e. The van der Waals surface area contributed by atoms with E-state index in [4.69, 9.17) is 4.42 Å². The van der Waals surface area contributed by atoms with Gasteiger partial charge in [0.05, 0.1) is 5.71 Å². The first-order valence-electron chi connectivity index (χ1n) is 6.89. The Morgan fingerprint density at radius 1 is 1.40 bits per heavy atom. The van der Waals surface area contributed by atoms with E-state index in [1.807, 2.05) is 20.8 Å². The Morgan fingerprint density at radius 2 is 2.05 bits per heavy atom. The van der Waals surface area contributed by atoms with Crippen molar-refractivity contribution in [2.24, 2.45) is 10.6 Å². The molecule has 0 aliphatic heterocycles. The Labute approximate surface area is 119 Å². The fraction of sp³-hybridized carbons (Fsp3) is 0.600. The first kappa shape index (κ1) is 14.6. The van der Waals surface area contributed by atoms with Crippen molar-refractivity contribution in [3.63, 3.8) is 0 Å². The molecule has 0 atom stereocenters. The van der Waals surface area contributed by atoms with Gasteiger partial charge < -0.3 is 14.9 Å². The summed E-state index contributed by atoms with van der Waals surface area (Å²) in [5.74, 6) is 0.838. The van der Waals surface area contributed by atoms with Gasteiger partial charge in [-0.05, 0) is 32.6 Å². The van der Waals surface area contributed by atoms with Crippen LogP contribution in [0.2, 0.25) is 0 Å². The van der Waals surface area contributed by atoms with Crippen molar-refractivity contribution in [3.8, 4) is 0 Å². The molecule has 0 aromatic carbocycles. The lowest BCUT2D eigenvalue weighted by atomic mass is 9.75. The van der Waals surface area contributed by atoms with Crippen LogP contribution in [-0.4, -0.2) is 22.9 Å². The summed E-state index contributed by atoms with van der Waals surface area (Å²) < 4.78 is 5.76. The molecule has 2 N–H and O–H groups in total. The molecule has 5 nitrogen and oxygen atoms in total. The van der Waals surface area contributed by atoms with E-state index in [-0.39, 0.29) is 17.4 Å². The van der Waals surface area contributed by atoms with Crippen molar-refractivity contribution in [2.45, 2.75) is 53.5 Å². The lowest BCUT2D eigenvalue weighted by Crippen LogP contribution is -2.30. The van der Waals surface area contributed by atoms with Crippen molar-refractivity contribution < 1.29 is 14.4 Å². The van der Waals surface area contributed by atoms with Crippen LogP contribution in [0.25, 0.3) is 0 Å². The zero-order valence-corrected chi connectivity index (χ0v) is 12.7. The van der Waals surface area contributed by atoms with Gasteiger partial charge in [-0.25, -0.2) is 0 Å². The van der Waals surface area contributed by atoms with Gasteiger partial charge in [0.25, 0.3) is 5.91 Å². The van der Waals surface area contributed by atoms with E-state index in [2.05, 4.69) is 24.3 Å². The number of furan rings is 1. The summed E-state index contributed by atoms with van der Waals surface area (Å²) in [6.45, 7) is 9.82. The number of hydrogen-bond acceptors (Lipinski definition) is 4. The van der Waals surface area contributed by atoms with Crippen LogP contribution in [0.3, 0.4) is 0 Å². The lowest BCUT2D eigenvalue weighted by molar-refractivity contribution is 0.0911. The summed E-state index contributed by atoms with van der Waals surface area (Å²) in [5, 5.41) is 15.5. The molecular formula is C15H22N2O3. The van der Waals surface area contributed by atoms with E-state index < -0.39 is 0 Å². The number of oxime groups is 1. The fourth-order valence-electron chi connectivity index (χ4n) is 2.74. The van der Waals surface area contributed by atoms with E-state index in [1.165, 1.54) is 0 Å². The van der Waals surface area contributed by atoms with Gasteiger partial charge in [-0.3, -0.25) is 4.79 Å². The molecular weight excluding hydrogens is 256 g/mol. The number of amides is 1. The molecule has 0 unspecified atom stereocenters. The van der Waals surface area contributed by atoms with Crippen LogP contribution in [0, 0.1) is 12.3 Å². The summed E-state index contributed by atoms with van der Waals surface area (Å²) in [7, 11) is 0. The lowest BCUT2D eigenvalue weighted by Gasteiger charge is -2.28. The number of hydrogen-bond donors (Lipinski definition) is 2. The SMILES string of the molecule is Cc1c(C(=O)NC(C)C)oc2c1/C(=N\O)CC(C)(C)C2. The molecule has 0 saturated heterocycles. The normalized spacial score (nSPS) is 19.2. The van der Waals surface area contributed by atoms with E-state index in [0.29, 0.717) is 17.9 Å². The van der Waals surface area contributed by atoms with Gasteiger partial charge in [-0.2, -0.15) is 0 Å². The van der Waals surface area contributed by atoms with Gasteiger partial charge in [-0.15, -0.1) is 0 Å². The van der Waals surface area contributed by atoms with Crippen molar-refractivity contribution in [1.82, 2.24) is 5.32 Å². The molecule has 1 heterocycles. The molecule has 0 spiro atoms. The first-order chi connectivity index (χ1) is 9.25.